The minimum absolute atomic E-state index is 0.0219. The highest BCUT2D eigenvalue weighted by molar-refractivity contribution is 4.91. The molecule has 0 saturated heterocycles. The quantitative estimate of drug-likeness (QED) is 0.398. The van der Waals surface area contributed by atoms with Gasteiger partial charge in [-0.15, -0.1) is 0 Å². The molecule has 1 atom stereocenters. The third-order valence-corrected chi connectivity index (χ3v) is 0.676. The molecule has 3 N–H and O–H groups in total. The number of rotatable bonds is 3. The normalized spacial score (nSPS) is 13.4. The van der Waals surface area contributed by atoms with E-state index in [2.05, 4.69) is 11.3 Å². The average Bonchev–Trinajstić information content (AvgIpc) is 1.67. The van der Waals surface area contributed by atoms with Crippen molar-refractivity contribution < 1.29 is 9.84 Å². The Morgan fingerprint density at radius 3 is 2.62 bits per heavy atom. The van der Waals surface area contributed by atoms with Crippen LogP contribution in [-0.4, -0.2) is 18.1 Å². The molecule has 0 aromatic heterocycles. The van der Waals surface area contributed by atoms with Crippen LogP contribution in [0.25, 0.3) is 0 Å². The summed E-state index contributed by atoms with van der Waals surface area (Å²) in [5.74, 6) is 0. The summed E-state index contributed by atoms with van der Waals surface area (Å²) in [5, 5.41) is 8.72. The summed E-state index contributed by atoms with van der Waals surface area (Å²) in [4.78, 5) is 0. The molecule has 0 aliphatic heterocycles. The van der Waals surface area contributed by atoms with Crippen LogP contribution in [0.4, 0.5) is 0 Å². The van der Waals surface area contributed by atoms with Crippen molar-refractivity contribution in [1.29, 1.82) is 0 Å². The number of nitrogens with two attached hydrogens (primary N) is 1. The predicted molar refractivity (Wildman–Crippen MR) is 31.0 cm³/mol. The topological polar surface area (TPSA) is 55.5 Å². The first-order valence-electron chi connectivity index (χ1n) is 2.33. The SMILES string of the molecule is C=C(C)C(O)OCN. The van der Waals surface area contributed by atoms with E-state index in [4.69, 9.17) is 10.8 Å². The molecular weight excluding hydrogens is 106 g/mol. The van der Waals surface area contributed by atoms with Crippen LogP contribution < -0.4 is 5.73 Å². The maximum absolute atomic E-state index is 8.72. The lowest BCUT2D eigenvalue weighted by Crippen LogP contribution is -2.17. The Morgan fingerprint density at radius 1 is 2.00 bits per heavy atom. The molecule has 0 amide bonds. The van der Waals surface area contributed by atoms with Gasteiger partial charge in [0.05, 0.1) is 6.73 Å². The molecule has 3 heteroatoms. The van der Waals surface area contributed by atoms with Gasteiger partial charge in [-0.05, 0) is 12.5 Å². The van der Waals surface area contributed by atoms with Crippen LogP contribution in [0, 0.1) is 0 Å². The van der Waals surface area contributed by atoms with E-state index in [0.29, 0.717) is 5.57 Å². The van der Waals surface area contributed by atoms with E-state index < -0.39 is 6.29 Å². The molecule has 0 saturated carbocycles. The van der Waals surface area contributed by atoms with Gasteiger partial charge in [0.15, 0.2) is 6.29 Å². The maximum Gasteiger partial charge on any atom is 0.178 e. The molecule has 1 unspecified atom stereocenters. The summed E-state index contributed by atoms with van der Waals surface area (Å²) in [7, 11) is 0. The molecule has 0 fully saturated rings. The van der Waals surface area contributed by atoms with Gasteiger partial charge in [-0.2, -0.15) is 0 Å². The van der Waals surface area contributed by atoms with Crippen molar-refractivity contribution in [3.63, 3.8) is 0 Å². The molecule has 48 valence electrons. The second-order valence-corrected chi connectivity index (χ2v) is 1.53. The second kappa shape index (κ2) is 3.60. The van der Waals surface area contributed by atoms with Crippen molar-refractivity contribution in [2.45, 2.75) is 13.2 Å². The van der Waals surface area contributed by atoms with Crippen LogP contribution >= 0.6 is 0 Å². The Morgan fingerprint density at radius 2 is 2.50 bits per heavy atom. The van der Waals surface area contributed by atoms with Gasteiger partial charge in [-0.1, -0.05) is 6.58 Å². The Hall–Kier alpha value is -0.380. The van der Waals surface area contributed by atoms with E-state index in [-0.39, 0.29) is 6.73 Å². The smallest absolute Gasteiger partial charge is 0.178 e. The first kappa shape index (κ1) is 7.62. The zero-order chi connectivity index (χ0) is 6.57. The van der Waals surface area contributed by atoms with Gasteiger partial charge in [-0.3, -0.25) is 0 Å². The monoisotopic (exact) mass is 117 g/mol. The standard InChI is InChI=1S/C5H11NO2/c1-4(2)5(7)8-3-6/h5,7H,1,3,6H2,2H3. The third-order valence-electron chi connectivity index (χ3n) is 0.676. The van der Waals surface area contributed by atoms with Gasteiger partial charge in [0.2, 0.25) is 0 Å². The largest absolute Gasteiger partial charge is 0.364 e. The molecule has 0 radical (unpaired) electrons. The number of ether oxygens (including phenoxy) is 1. The Bertz CT molecular complexity index is 82.5. The lowest BCUT2D eigenvalue weighted by Gasteiger charge is -2.07. The molecule has 8 heavy (non-hydrogen) atoms. The van der Waals surface area contributed by atoms with Crippen LogP contribution in [-0.2, 0) is 4.74 Å². The summed E-state index contributed by atoms with van der Waals surface area (Å²) < 4.78 is 4.54. The van der Waals surface area contributed by atoms with Gasteiger partial charge in [0.1, 0.15) is 0 Å². The number of hydrogen-bond acceptors (Lipinski definition) is 3. The molecular formula is C5H11NO2. The highest BCUT2D eigenvalue weighted by Gasteiger charge is 1.99. The fourth-order valence-electron chi connectivity index (χ4n) is 0.233. The van der Waals surface area contributed by atoms with E-state index in [1.54, 1.807) is 6.92 Å². The van der Waals surface area contributed by atoms with Gasteiger partial charge in [0, 0.05) is 0 Å². The van der Waals surface area contributed by atoms with Crippen molar-refractivity contribution in [3.8, 4) is 0 Å². The van der Waals surface area contributed by atoms with Gasteiger partial charge >= 0.3 is 0 Å². The molecule has 0 heterocycles. The average molecular weight is 117 g/mol. The number of hydrogen-bond donors (Lipinski definition) is 2. The highest BCUT2D eigenvalue weighted by atomic mass is 16.6. The van der Waals surface area contributed by atoms with Crippen LogP contribution in [0.5, 0.6) is 0 Å². The van der Waals surface area contributed by atoms with E-state index in [1.807, 2.05) is 0 Å². The fraction of sp³-hybridized carbons (Fsp3) is 0.600. The molecule has 0 rings (SSSR count). The van der Waals surface area contributed by atoms with Crippen LogP contribution in [0.2, 0.25) is 0 Å². The highest BCUT2D eigenvalue weighted by Crippen LogP contribution is 1.96. The number of aliphatic hydroxyl groups is 1. The van der Waals surface area contributed by atoms with Crippen LogP contribution in [0.3, 0.4) is 0 Å². The van der Waals surface area contributed by atoms with Crippen molar-refractivity contribution in [3.05, 3.63) is 12.2 Å². The molecule has 0 aliphatic rings. The van der Waals surface area contributed by atoms with E-state index in [1.165, 1.54) is 0 Å². The Kier molecular flexibility index (Phi) is 3.43. The molecule has 0 aromatic rings. The van der Waals surface area contributed by atoms with E-state index in [9.17, 15) is 0 Å². The third kappa shape index (κ3) is 2.74. The lowest BCUT2D eigenvalue weighted by atomic mass is 10.3. The minimum Gasteiger partial charge on any atom is -0.364 e. The van der Waals surface area contributed by atoms with Crippen molar-refractivity contribution in [2.75, 3.05) is 6.73 Å². The zero-order valence-electron chi connectivity index (χ0n) is 4.92. The van der Waals surface area contributed by atoms with Crippen LogP contribution in [0.15, 0.2) is 12.2 Å². The Labute approximate surface area is 48.8 Å². The van der Waals surface area contributed by atoms with Crippen molar-refractivity contribution in [1.82, 2.24) is 0 Å². The zero-order valence-corrected chi connectivity index (χ0v) is 4.92. The molecule has 3 nitrogen and oxygen atoms in total. The predicted octanol–water partition coefficient (Wildman–Crippen LogP) is -0.186. The molecule has 0 bridgehead atoms. The lowest BCUT2D eigenvalue weighted by molar-refractivity contribution is -0.0693. The first-order chi connectivity index (χ1) is 3.68. The fourth-order valence-corrected chi connectivity index (χ4v) is 0.233. The first-order valence-corrected chi connectivity index (χ1v) is 2.33. The van der Waals surface area contributed by atoms with Crippen molar-refractivity contribution in [2.24, 2.45) is 5.73 Å². The van der Waals surface area contributed by atoms with Gasteiger partial charge < -0.3 is 15.6 Å². The van der Waals surface area contributed by atoms with E-state index in [0.717, 1.165) is 0 Å². The Balaban J connectivity index is 3.32. The minimum atomic E-state index is -0.903. The number of aliphatic hydroxyl groups excluding tert-OH is 1. The molecule has 0 spiro atoms. The summed E-state index contributed by atoms with van der Waals surface area (Å²) in [6.45, 7) is 5.13. The van der Waals surface area contributed by atoms with Gasteiger partial charge in [0.25, 0.3) is 0 Å². The van der Waals surface area contributed by atoms with Crippen molar-refractivity contribution >= 4 is 0 Å². The molecule has 0 aliphatic carbocycles. The second-order valence-electron chi connectivity index (χ2n) is 1.53. The summed E-state index contributed by atoms with van der Waals surface area (Å²) in [6, 6.07) is 0. The van der Waals surface area contributed by atoms with E-state index >= 15 is 0 Å². The maximum atomic E-state index is 8.72. The van der Waals surface area contributed by atoms with Crippen LogP contribution in [0.1, 0.15) is 6.92 Å². The summed E-state index contributed by atoms with van der Waals surface area (Å²) >= 11 is 0. The summed E-state index contributed by atoms with van der Waals surface area (Å²) in [5.41, 5.74) is 5.51. The molecule has 0 aromatic carbocycles. The summed E-state index contributed by atoms with van der Waals surface area (Å²) in [6.07, 6.45) is -0.903. The van der Waals surface area contributed by atoms with Gasteiger partial charge in [-0.25, -0.2) is 0 Å².